The SMILES string of the molecule is CC(C)NC(=O)CN1CCN(C(=O)c2ccsc2)CC1. The summed E-state index contributed by atoms with van der Waals surface area (Å²) in [7, 11) is 0. The smallest absolute Gasteiger partial charge is 0.254 e. The summed E-state index contributed by atoms with van der Waals surface area (Å²) in [5.41, 5.74) is 0.765. The molecule has 0 radical (unpaired) electrons. The van der Waals surface area contributed by atoms with Crippen molar-refractivity contribution in [3.8, 4) is 0 Å². The molecule has 0 saturated carbocycles. The minimum atomic E-state index is 0.0533. The molecule has 2 amide bonds. The topological polar surface area (TPSA) is 52.7 Å². The van der Waals surface area contributed by atoms with Crippen LogP contribution in [0, 0.1) is 0 Å². The van der Waals surface area contributed by atoms with E-state index in [-0.39, 0.29) is 17.9 Å². The summed E-state index contributed by atoms with van der Waals surface area (Å²) in [6.45, 7) is 7.19. The highest BCUT2D eigenvalue weighted by molar-refractivity contribution is 7.08. The third-order valence-electron chi connectivity index (χ3n) is 3.24. The molecule has 5 nitrogen and oxygen atoms in total. The Morgan fingerprint density at radius 1 is 1.30 bits per heavy atom. The fourth-order valence-electron chi connectivity index (χ4n) is 2.25. The number of carbonyl (C=O) groups excluding carboxylic acids is 2. The minimum absolute atomic E-state index is 0.0533. The zero-order chi connectivity index (χ0) is 14.5. The van der Waals surface area contributed by atoms with E-state index in [1.807, 2.05) is 35.6 Å². The number of hydrogen-bond donors (Lipinski definition) is 1. The lowest BCUT2D eigenvalue weighted by Crippen LogP contribution is -2.51. The van der Waals surface area contributed by atoms with Crippen LogP contribution in [0.15, 0.2) is 16.8 Å². The predicted molar refractivity (Wildman–Crippen MR) is 79.9 cm³/mol. The molecule has 0 aromatic carbocycles. The Balaban J connectivity index is 1.78. The van der Waals surface area contributed by atoms with Gasteiger partial charge in [0.2, 0.25) is 5.91 Å². The number of amides is 2. The van der Waals surface area contributed by atoms with Crippen molar-refractivity contribution in [2.24, 2.45) is 0 Å². The van der Waals surface area contributed by atoms with Crippen LogP contribution in [0.2, 0.25) is 0 Å². The van der Waals surface area contributed by atoms with Gasteiger partial charge < -0.3 is 10.2 Å². The normalized spacial score (nSPS) is 16.4. The first kappa shape index (κ1) is 15.0. The van der Waals surface area contributed by atoms with Crippen molar-refractivity contribution >= 4 is 23.2 Å². The van der Waals surface area contributed by atoms with Gasteiger partial charge >= 0.3 is 0 Å². The van der Waals surface area contributed by atoms with Crippen molar-refractivity contribution in [2.45, 2.75) is 19.9 Å². The van der Waals surface area contributed by atoms with Gasteiger partial charge in [-0.05, 0) is 25.3 Å². The molecule has 1 N–H and O–H groups in total. The number of rotatable bonds is 4. The summed E-state index contributed by atoms with van der Waals surface area (Å²) in [6, 6.07) is 2.03. The molecular weight excluding hydrogens is 274 g/mol. The van der Waals surface area contributed by atoms with Gasteiger partial charge in [0.25, 0.3) is 5.91 Å². The molecule has 2 heterocycles. The Morgan fingerprint density at radius 2 is 2.00 bits per heavy atom. The van der Waals surface area contributed by atoms with Crippen LogP contribution in [0.5, 0.6) is 0 Å². The molecule has 1 aliphatic rings. The fourth-order valence-corrected chi connectivity index (χ4v) is 2.88. The van der Waals surface area contributed by atoms with Crippen molar-refractivity contribution in [3.05, 3.63) is 22.4 Å². The Labute approximate surface area is 123 Å². The molecule has 0 aliphatic carbocycles. The van der Waals surface area contributed by atoms with Crippen molar-refractivity contribution in [2.75, 3.05) is 32.7 Å². The van der Waals surface area contributed by atoms with Gasteiger partial charge in [-0.1, -0.05) is 0 Å². The Kier molecular flexibility index (Phi) is 5.14. The fraction of sp³-hybridized carbons (Fsp3) is 0.571. The maximum Gasteiger partial charge on any atom is 0.254 e. The monoisotopic (exact) mass is 295 g/mol. The van der Waals surface area contributed by atoms with Crippen LogP contribution in [-0.2, 0) is 4.79 Å². The number of hydrogen-bond acceptors (Lipinski definition) is 4. The second-order valence-electron chi connectivity index (χ2n) is 5.30. The average Bonchev–Trinajstić information content (AvgIpc) is 2.91. The number of nitrogens with zero attached hydrogens (tertiary/aromatic N) is 2. The van der Waals surface area contributed by atoms with Gasteiger partial charge in [-0.15, -0.1) is 0 Å². The van der Waals surface area contributed by atoms with Gasteiger partial charge in [-0.2, -0.15) is 11.3 Å². The van der Waals surface area contributed by atoms with Crippen LogP contribution in [-0.4, -0.2) is 60.4 Å². The summed E-state index contributed by atoms with van der Waals surface area (Å²) in [5.74, 6) is 0.148. The molecule has 1 aromatic rings. The highest BCUT2D eigenvalue weighted by atomic mass is 32.1. The molecule has 2 rings (SSSR count). The molecule has 1 saturated heterocycles. The van der Waals surface area contributed by atoms with Crippen LogP contribution in [0.1, 0.15) is 24.2 Å². The zero-order valence-electron chi connectivity index (χ0n) is 12.0. The average molecular weight is 295 g/mol. The Hall–Kier alpha value is -1.40. The lowest BCUT2D eigenvalue weighted by Gasteiger charge is -2.34. The Bertz CT molecular complexity index is 451. The van der Waals surface area contributed by atoms with Crippen LogP contribution in [0.3, 0.4) is 0 Å². The molecule has 20 heavy (non-hydrogen) atoms. The highest BCUT2D eigenvalue weighted by Gasteiger charge is 2.23. The van der Waals surface area contributed by atoms with Crippen LogP contribution in [0.25, 0.3) is 0 Å². The second kappa shape index (κ2) is 6.85. The molecule has 0 spiro atoms. The van der Waals surface area contributed by atoms with E-state index in [1.165, 1.54) is 11.3 Å². The minimum Gasteiger partial charge on any atom is -0.353 e. The molecule has 110 valence electrons. The molecule has 6 heteroatoms. The zero-order valence-corrected chi connectivity index (χ0v) is 12.8. The van der Waals surface area contributed by atoms with Gasteiger partial charge in [0.05, 0.1) is 12.1 Å². The number of carbonyl (C=O) groups is 2. The lowest BCUT2D eigenvalue weighted by atomic mass is 10.2. The molecule has 1 aromatic heterocycles. The number of nitrogens with one attached hydrogen (secondary N) is 1. The third-order valence-corrected chi connectivity index (χ3v) is 3.93. The standard InChI is InChI=1S/C14H21N3O2S/c1-11(2)15-13(18)9-16-4-6-17(7-5-16)14(19)12-3-8-20-10-12/h3,8,10-11H,4-7,9H2,1-2H3,(H,15,18). The first-order valence-corrected chi connectivity index (χ1v) is 7.83. The Morgan fingerprint density at radius 3 is 2.55 bits per heavy atom. The van der Waals surface area contributed by atoms with E-state index in [0.29, 0.717) is 19.6 Å². The lowest BCUT2D eigenvalue weighted by molar-refractivity contribution is -0.123. The van der Waals surface area contributed by atoms with Crippen molar-refractivity contribution in [3.63, 3.8) is 0 Å². The molecule has 0 unspecified atom stereocenters. The molecule has 1 fully saturated rings. The molecular formula is C14H21N3O2S. The molecule has 0 atom stereocenters. The van der Waals surface area contributed by atoms with E-state index >= 15 is 0 Å². The van der Waals surface area contributed by atoms with E-state index in [4.69, 9.17) is 0 Å². The maximum atomic E-state index is 12.2. The van der Waals surface area contributed by atoms with Gasteiger partial charge in [0, 0.05) is 37.6 Å². The van der Waals surface area contributed by atoms with E-state index in [2.05, 4.69) is 10.2 Å². The van der Waals surface area contributed by atoms with E-state index < -0.39 is 0 Å². The first-order chi connectivity index (χ1) is 9.56. The van der Waals surface area contributed by atoms with Crippen LogP contribution in [0.4, 0.5) is 0 Å². The van der Waals surface area contributed by atoms with Gasteiger partial charge in [0.15, 0.2) is 0 Å². The van der Waals surface area contributed by atoms with Gasteiger partial charge in [0.1, 0.15) is 0 Å². The van der Waals surface area contributed by atoms with Gasteiger partial charge in [-0.25, -0.2) is 0 Å². The van der Waals surface area contributed by atoms with Crippen molar-refractivity contribution in [1.82, 2.24) is 15.1 Å². The van der Waals surface area contributed by atoms with Crippen molar-refractivity contribution in [1.29, 1.82) is 0 Å². The maximum absolute atomic E-state index is 12.2. The van der Waals surface area contributed by atoms with Crippen LogP contribution < -0.4 is 5.32 Å². The summed E-state index contributed by atoms with van der Waals surface area (Å²) < 4.78 is 0. The quantitative estimate of drug-likeness (QED) is 0.903. The van der Waals surface area contributed by atoms with E-state index in [1.54, 1.807) is 0 Å². The summed E-state index contributed by atoms with van der Waals surface area (Å²) in [6.07, 6.45) is 0. The third kappa shape index (κ3) is 4.05. The predicted octanol–water partition coefficient (Wildman–Crippen LogP) is 1.03. The summed E-state index contributed by atoms with van der Waals surface area (Å²) in [5, 5.41) is 6.68. The summed E-state index contributed by atoms with van der Waals surface area (Å²) in [4.78, 5) is 27.8. The van der Waals surface area contributed by atoms with E-state index in [9.17, 15) is 9.59 Å². The molecule has 1 aliphatic heterocycles. The highest BCUT2D eigenvalue weighted by Crippen LogP contribution is 2.11. The first-order valence-electron chi connectivity index (χ1n) is 6.89. The number of piperazine rings is 1. The molecule has 0 bridgehead atoms. The van der Waals surface area contributed by atoms with Crippen LogP contribution >= 0.6 is 11.3 Å². The summed E-state index contributed by atoms with van der Waals surface area (Å²) >= 11 is 1.54. The number of thiophene rings is 1. The largest absolute Gasteiger partial charge is 0.353 e. The van der Waals surface area contributed by atoms with Gasteiger partial charge in [-0.3, -0.25) is 14.5 Å². The van der Waals surface area contributed by atoms with E-state index in [0.717, 1.165) is 18.7 Å². The second-order valence-corrected chi connectivity index (χ2v) is 6.08. The van der Waals surface area contributed by atoms with Crippen molar-refractivity contribution < 1.29 is 9.59 Å².